The molecule has 80 valence electrons. The van der Waals surface area contributed by atoms with E-state index in [0.29, 0.717) is 6.54 Å². The fourth-order valence-corrected chi connectivity index (χ4v) is 1.79. The highest BCUT2D eigenvalue weighted by Crippen LogP contribution is 2.13. The van der Waals surface area contributed by atoms with E-state index >= 15 is 0 Å². The first-order chi connectivity index (χ1) is 5.70. The van der Waals surface area contributed by atoms with Crippen LogP contribution in [0.25, 0.3) is 0 Å². The largest absolute Gasteiger partial charge is 0.216 e. The molecule has 0 saturated heterocycles. The Morgan fingerprint density at radius 2 is 1.85 bits per heavy atom. The Hall–Kier alpha value is 0.390. The fraction of sp³-hybridized carbons (Fsp3) is 1.00. The van der Waals surface area contributed by atoms with Crippen molar-refractivity contribution in [3.8, 4) is 0 Å². The predicted molar refractivity (Wildman–Crippen MR) is 59.7 cm³/mol. The van der Waals surface area contributed by atoms with E-state index in [1.54, 1.807) is 20.8 Å². The second-order valence-corrected chi connectivity index (χ2v) is 7.79. The molecule has 0 fully saturated rings. The Labute approximate surface area is 89.5 Å². The van der Waals surface area contributed by atoms with Crippen molar-refractivity contribution in [1.29, 1.82) is 0 Å². The Morgan fingerprint density at radius 1 is 1.38 bits per heavy atom. The van der Waals surface area contributed by atoms with Crippen LogP contribution < -0.4 is 4.72 Å². The Bertz CT molecular complexity index is 243. The Morgan fingerprint density at radius 3 is 2.15 bits per heavy atom. The number of halogens is 1. The van der Waals surface area contributed by atoms with Crippen molar-refractivity contribution in [2.75, 3.05) is 6.54 Å². The molecular weight excluding hydrogens is 254 g/mol. The van der Waals surface area contributed by atoms with Gasteiger partial charge in [0.2, 0.25) is 10.0 Å². The van der Waals surface area contributed by atoms with Gasteiger partial charge in [-0.3, -0.25) is 0 Å². The standard InChI is InChI=1S/C8H18BrNO2S/c1-5-7(9)6-10-13(11,12)8(2,3)4/h7,10H,5-6H2,1-4H3. The molecule has 0 radical (unpaired) electrons. The molecule has 0 rings (SSSR count). The molecule has 5 heteroatoms. The van der Waals surface area contributed by atoms with Gasteiger partial charge in [-0.15, -0.1) is 0 Å². The highest BCUT2D eigenvalue weighted by Gasteiger charge is 2.28. The van der Waals surface area contributed by atoms with Gasteiger partial charge in [0.25, 0.3) is 0 Å². The van der Waals surface area contributed by atoms with Crippen LogP contribution in [0.2, 0.25) is 0 Å². The predicted octanol–water partition coefficient (Wildman–Crippen LogP) is 1.88. The molecule has 0 aliphatic heterocycles. The summed E-state index contributed by atoms with van der Waals surface area (Å²) in [6.07, 6.45) is 0.909. The van der Waals surface area contributed by atoms with E-state index in [4.69, 9.17) is 0 Å². The number of hydrogen-bond donors (Lipinski definition) is 1. The van der Waals surface area contributed by atoms with Crippen molar-refractivity contribution < 1.29 is 8.42 Å². The van der Waals surface area contributed by atoms with Crippen LogP contribution in [-0.2, 0) is 10.0 Å². The molecule has 0 amide bonds. The monoisotopic (exact) mass is 271 g/mol. The van der Waals surface area contributed by atoms with Crippen molar-refractivity contribution in [2.24, 2.45) is 0 Å². The number of rotatable bonds is 4. The summed E-state index contributed by atoms with van der Waals surface area (Å²) in [5.74, 6) is 0. The highest BCUT2D eigenvalue weighted by molar-refractivity contribution is 9.09. The van der Waals surface area contributed by atoms with Crippen LogP contribution in [0.15, 0.2) is 0 Å². The van der Waals surface area contributed by atoms with Gasteiger partial charge in [0.15, 0.2) is 0 Å². The SMILES string of the molecule is CCC(Br)CNS(=O)(=O)C(C)(C)C. The number of nitrogens with one attached hydrogen (secondary N) is 1. The maximum Gasteiger partial charge on any atom is 0.216 e. The molecule has 0 spiro atoms. The minimum atomic E-state index is -3.18. The molecule has 0 aromatic rings. The maximum absolute atomic E-state index is 11.5. The molecule has 0 aliphatic carbocycles. The molecular formula is C8H18BrNO2S. The summed E-state index contributed by atoms with van der Waals surface area (Å²) in [5, 5.41) is 0. The average molecular weight is 272 g/mol. The first-order valence-corrected chi connectivity index (χ1v) is 6.74. The van der Waals surface area contributed by atoms with E-state index in [1.165, 1.54) is 0 Å². The van der Waals surface area contributed by atoms with Crippen LogP contribution in [0.1, 0.15) is 34.1 Å². The van der Waals surface area contributed by atoms with Crippen molar-refractivity contribution in [3.63, 3.8) is 0 Å². The molecule has 0 heterocycles. The zero-order chi connectivity index (χ0) is 10.7. The minimum Gasteiger partial charge on any atom is -0.214 e. The van der Waals surface area contributed by atoms with E-state index in [0.717, 1.165) is 6.42 Å². The lowest BCUT2D eigenvalue weighted by Crippen LogP contribution is -2.41. The average Bonchev–Trinajstić information content (AvgIpc) is 1.98. The van der Waals surface area contributed by atoms with Crippen molar-refractivity contribution in [1.82, 2.24) is 4.72 Å². The second kappa shape index (κ2) is 4.75. The number of sulfonamides is 1. The lowest BCUT2D eigenvalue weighted by Gasteiger charge is -2.20. The van der Waals surface area contributed by atoms with Gasteiger partial charge in [-0.25, -0.2) is 13.1 Å². The third-order valence-corrected chi connectivity index (χ3v) is 4.87. The molecule has 13 heavy (non-hydrogen) atoms. The summed E-state index contributed by atoms with van der Waals surface area (Å²) >= 11 is 3.37. The molecule has 0 aromatic heterocycles. The van der Waals surface area contributed by atoms with E-state index < -0.39 is 14.8 Å². The summed E-state index contributed by atoms with van der Waals surface area (Å²) in [6, 6.07) is 0. The summed E-state index contributed by atoms with van der Waals surface area (Å²) in [4.78, 5) is 0.213. The zero-order valence-electron chi connectivity index (χ0n) is 8.59. The van der Waals surface area contributed by atoms with E-state index in [-0.39, 0.29) is 4.83 Å². The number of alkyl halides is 1. The van der Waals surface area contributed by atoms with Crippen molar-refractivity contribution in [2.45, 2.75) is 43.7 Å². The van der Waals surface area contributed by atoms with Gasteiger partial charge in [0.1, 0.15) is 0 Å². The molecule has 0 aliphatic rings. The highest BCUT2D eigenvalue weighted by atomic mass is 79.9. The van der Waals surface area contributed by atoms with Crippen molar-refractivity contribution in [3.05, 3.63) is 0 Å². The summed E-state index contributed by atoms with van der Waals surface area (Å²) in [6.45, 7) is 7.51. The molecule has 1 atom stereocenters. The van der Waals surface area contributed by atoms with Gasteiger partial charge in [0, 0.05) is 11.4 Å². The summed E-state index contributed by atoms with van der Waals surface area (Å²) in [7, 11) is -3.18. The van der Waals surface area contributed by atoms with Crippen LogP contribution >= 0.6 is 15.9 Å². The fourth-order valence-electron chi connectivity index (χ4n) is 0.561. The lowest BCUT2D eigenvalue weighted by molar-refractivity contribution is 0.544. The topological polar surface area (TPSA) is 46.2 Å². The van der Waals surface area contributed by atoms with Gasteiger partial charge in [-0.05, 0) is 27.2 Å². The molecule has 1 unspecified atom stereocenters. The molecule has 1 N–H and O–H groups in total. The Kier molecular flexibility index (Phi) is 4.90. The smallest absolute Gasteiger partial charge is 0.214 e. The maximum atomic E-state index is 11.5. The zero-order valence-corrected chi connectivity index (χ0v) is 11.0. The van der Waals surface area contributed by atoms with Crippen LogP contribution in [0.4, 0.5) is 0 Å². The van der Waals surface area contributed by atoms with Crippen molar-refractivity contribution >= 4 is 26.0 Å². The molecule has 0 bridgehead atoms. The second-order valence-electron chi connectivity index (χ2n) is 3.97. The Balaban J connectivity index is 4.22. The third-order valence-electron chi connectivity index (χ3n) is 1.74. The van der Waals surface area contributed by atoms with Gasteiger partial charge in [0.05, 0.1) is 4.75 Å². The van der Waals surface area contributed by atoms with Crippen LogP contribution in [-0.4, -0.2) is 24.5 Å². The lowest BCUT2D eigenvalue weighted by atomic mass is 10.3. The van der Waals surface area contributed by atoms with E-state index in [2.05, 4.69) is 20.7 Å². The van der Waals surface area contributed by atoms with E-state index in [1.807, 2.05) is 6.92 Å². The summed E-state index contributed by atoms with van der Waals surface area (Å²) < 4.78 is 24.9. The van der Waals surface area contributed by atoms with Gasteiger partial charge < -0.3 is 0 Å². The molecule has 0 aromatic carbocycles. The quantitative estimate of drug-likeness (QED) is 0.794. The number of hydrogen-bond acceptors (Lipinski definition) is 2. The minimum absolute atomic E-state index is 0.213. The molecule has 3 nitrogen and oxygen atoms in total. The van der Waals surface area contributed by atoms with E-state index in [9.17, 15) is 8.42 Å². The third kappa shape index (κ3) is 4.42. The van der Waals surface area contributed by atoms with Crippen LogP contribution in [0, 0.1) is 0 Å². The van der Waals surface area contributed by atoms with Crippen LogP contribution in [0.3, 0.4) is 0 Å². The van der Waals surface area contributed by atoms with Gasteiger partial charge >= 0.3 is 0 Å². The first-order valence-electron chi connectivity index (χ1n) is 4.34. The first kappa shape index (κ1) is 13.4. The van der Waals surface area contributed by atoms with Gasteiger partial charge in [-0.1, -0.05) is 22.9 Å². The summed E-state index contributed by atoms with van der Waals surface area (Å²) in [5.41, 5.74) is 0. The normalized spacial score (nSPS) is 15.8. The van der Waals surface area contributed by atoms with Crippen LogP contribution in [0.5, 0.6) is 0 Å². The van der Waals surface area contributed by atoms with Gasteiger partial charge in [-0.2, -0.15) is 0 Å². The molecule has 0 saturated carbocycles.